The third-order valence-electron chi connectivity index (χ3n) is 4.17. The van der Waals surface area contributed by atoms with Gasteiger partial charge in [-0.2, -0.15) is 0 Å². The number of nitrogens with one attached hydrogen (secondary N) is 1. The van der Waals surface area contributed by atoms with Gasteiger partial charge in [0, 0.05) is 23.7 Å². The van der Waals surface area contributed by atoms with E-state index in [4.69, 9.17) is 0 Å². The second kappa shape index (κ2) is 7.49. The van der Waals surface area contributed by atoms with Crippen molar-refractivity contribution in [3.63, 3.8) is 0 Å². The Kier molecular flexibility index (Phi) is 5.15. The standard InChI is InChI=1S/C18H21N3O2S/c1-2-20(13-15-9-6-12-24-15)18(23)19-16-10-11-21(17(16)22)14-7-4-3-5-8-14/h3-9,12,16H,2,10-11,13H2,1H3,(H,19,23). The summed E-state index contributed by atoms with van der Waals surface area (Å²) >= 11 is 1.63. The molecule has 0 radical (unpaired) electrons. The molecule has 0 saturated carbocycles. The first kappa shape index (κ1) is 16.5. The Balaban J connectivity index is 1.61. The van der Waals surface area contributed by atoms with Crippen LogP contribution >= 0.6 is 11.3 Å². The van der Waals surface area contributed by atoms with Crippen molar-refractivity contribution < 1.29 is 9.59 Å². The quantitative estimate of drug-likeness (QED) is 0.907. The van der Waals surface area contributed by atoms with Crippen LogP contribution < -0.4 is 10.2 Å². The third-order valence-corrected chi connectivity index (χ3v) is 5.03. The maximum atomic E-state index is 12.6. The zero-order valence-corrected chi connectivity index (χ0v) is 14.5. The molecule has 2 heterocycles. The van der Waals surface area contributed by atoms with Gasteiger partial charge in [0.15, 0.2) is 0 Å². The highest BCUT2D eigenvalue weighted by Gasteiger charge is 2.34. The molecule has 2 aromatic rings. The van der Waals surface area contributed by atoms with E-state index in [0.717, 1.165) is 10.6 Å². The van der Waals surface area contributed by atoms with Crippen LogP contribution in [0.15, 0.2) is 47.8 Å². The van der Waals surface area contributed by atoms with Crippen molar-refractivity contribution in [1.29, 1.82) is 0 Å². The lowest BCUT2D eigenvalue weighted by molar-refractivity contribution is -0.118. The van der Waals surface area contributed by atoms with Crippen LogP contribution in [0.25, 0.3) is 0 Å². The summed E-state index contributed by atoms with van der Waals surface area (Å²) in [5.74, 6) is -0.0401. The van der Waals surface area contributed by atoms with Crippen molar-refractivity contribution >= 4 is 29.0 Å². The summed E-state index contributed by atoms with van der Waals surface area (Å²) in [6.07, 6.45) is 0.635. The minimum Gasteiger partial charge on any atom is -0.326 e. The highest BCUT2D eigenvalue weighted by atomic mass is 32.1. The zero-order chi connectivity index (χ0) is 16.9. The number of urea groups is 1. The fourth-order valence-electron chi connectivity index (χ4n) is 2.84. The molecule has 3 rings (SSSR count). The van der Waals surface area contributed by atoms with Crippen LogP contribution in [0.1, 0.15) is 18.2 Å². The summed E-state index contributed by atoms with van der Waals surface area (Å²) in [4.78, 5) is 29.7. The highest BCUT2D eigenvalue weighted by molar-refractivity contribution is 7.09. The van der Waals surface area contributed by atoms with Gasteiger partial charge in [-0.25, -0.2) is 4.79 Å². The molecule has 1 aliphatic heterocycles. The van der Waals surface area contributed by atoms with Crippen LogP contribution in [-0.4, -0.2) is 36.0 Å². The number of nitrogens with zero attached hydrogens (tertiary/aromatic N) is 2. The number of carbonyl (C=O) groups is 2. The number of hydrogen-bond donors (Lipinski definition) is 1. The number of amides is 3. The van der Waals surface area contributed by atoms with E-state index in [1.165, 1.54) is 0 Å². The second-order valence-corrected chi connectivity index (χ2v) is 6.74. The van der Waals surface area contributed by atoms with E-state index in [0.29, 0.717) is 26.1 Å². The second-order valence-electron chi connectivity index (χ2n) is 5.71. The van der Waals surface area contributed by atoms with Crippen LogP contribution in [0.3, 0.4) is 0 Å². The molecule has 1 fully saturated rings. The van der Waals surface area contributed by atoms with Gasteiger partial charge in [-0.3, -0.25) is 4.79 Å². The fourth-order valence-corrected chi connectivity index (χ4v) is 3.56. The molecule has 3 amide bonds. The average Bonchev–Trinajstić information content (AvgIpc) is 3.24. The number of benzene rings is 1. The van der Waals surface area contributed by atoms with Gasteiger partial charge in [-0.05, 0) is 36.9 Å². The van der Waals surface area contributed by atoms with Crippen LogP contribution in [-0.2, 0) is 11.3 Å². The summed E-state index contributed by atoms with van der Waals surface area (Å²) < 4.78 is 0. The van der Waals surface area contributed by atoms with Crippen molar-refractivity contribution in [2.45, 2.75) is 25.9 Å². The predicted molar refractivity (Wildman–Crippen MR) is 96.1 cm³/mol. The van der Waals surface area contributed by atoms with Crippen molar-refractivity contribution in [3.05, 3.63) is 52.7 Å². The van der Waals surface area contributed by atoms with Crippen molar-refractivity contribution in [3.8, 4) is 0 Å². The first-order chi connectivity index (χ1) is 11.7. The van der Waals surface area contributed by atoms with Crippen LogP contribution in [0.5, 0.6) is 0 Å². The molecule has 0 aliphatic carbocycles. The van der Waals surface area contributed by atoms with Gasteiger partial charge in [0.25, 0.3) is 0 Å². The average molecular weight is 343 g/mol. The molecule has 1 aromatic carbocycles. The summed E-state index contributed by atoms with van der Waals surface area (Å²) in [6, 6.07) is 12.9. The zero-order valence-electron chi connectivity index (χ0n) is 13.6. The lowest BCUT2D eigenvalue weighted by atomic mass is 10.2. The minimum absolute atomic E-state index is 0.0401. The topological polar surface area (TPSA) is 52.7 Å². The summed E-state index contributed by atoms with van der Waals surface area (Å²) in [6.45, 7) is 3.75. The van der Waals surface area contributed by atoms with Gasteiger partial charge in [0.2, 0.25) is 5.91 Å². The minimum atomic E-state index is -0.449. The molecule has 1 aliphatic rings. The molecule has 126 valence electrons. The van der Waals surface area contributed by atoms with Crippen molar-refractivity contribution in [1.82, 2.24) is 10.2 Å². The van der Waals surface area contributed by atoms with E-state index in [1.54, 1.807) is 21.1 Å². The van der Waals surface area contributed by atoms with Crippen LogP contribution in [0.2, 0.25) is 0 Å². The van der Waals surface area contributed by atoms with Gasteiger partial charge in [-0.15, -0.1) is 11.3 Å². The van der Waals surface area contributed by atoms with Gasteiger partial charge in [0.1, 0.15) is 6.04 Å². The Labute approximate surface area is 145 Å². The lowest BCUT2D eigenvalue weighted by Crippen LogP contribution is -2.47. The molecule has 24 heavy (non-hydrogen) atoms. The van der Waals surface area contributed by atoms with E-state index in [1.807, 2.05) is 54.8 Å². The van der Waals surface area contributed by atoms with Gasteiger partial charge in [-0.1, -0.05) is 24.3 Å². The largest absolute Gasteiger partial charge is 0.326 e. The van der Waals surface area contributed by atoms with Crippen LogP contribution in [0, 0.1) is 0 Å². The van der Waals surface area contributed by atoms with E-state index >= 15 is 0 Å². The molecule has 1 atom stereocenters. The molecule has 1 saturated heterocycles. The van der Waals surface area contributed by atoms with E-state index in [-0.39, 0.29) is 11.9 Å². The Morgan fingerprint density at radius 3 is 2.75 bits per heavy atom. The first-order valence-corrected chi connectivity index (χ1v) is 9.01. The van der Waals surface area contributed by atoms with Crippen molar-refractivity contribution in [2.75, 3.05) is 18.0 Å². The van der Waals surface area contributed by atoms with E-state index < -0.39 is 6.04 Å². The number of para-hydroxylation sites is 1. The smallest absolute Gasteiger partial charge is 0.318 e. The monoisotopic (exact) mass is 343 g/mol. The third kappa shape index (κ3) is 3.59. The number of hydrogen-bond acceptors (Lipinski definition) is 3. The normalized spacial score (nSPS) is 17.1. The summed E-state index contributed by atoms with van der Waals surface area (Å²) in [5.41, 5.74) is 0.880. The first-order valence-electron chi connectivity index (χ1n) is 8.13. The Morgan fingerprint density at radius 2 is 2.08 bits per heavy atom. The molecule has 1 unspecified atom stereocenters. The molecule has 1 N–H and O–H groups in total. The Morgan fingerprint density at radius 1 is 1.29 bits per heavy atom. The maximum Gasteiger partial charge on any atom is 0.318 e. The van der Waals surface area contributed by atoms with Gasteiger partial charge < -0.3 is 15.1 Å². The summed E-state index contributed by atoms with van der Waals surface area (Å²) in [5, 5.41) is 4.89. The fraction of sp³-hybridized carbons (Fsp3) is 0.333. The SMILES string of the molecule is CCN(Cc1cccs1)C(=O)NC1CCN(c2ccccc2)C1=O. The Bertz CT molecular complexity index is 688. The molecule has 6 heteroatoms. The van der Waals surface area contributed by atoms with E-state index in [9.17, 15) is 9.59 Å². The number of rotatable bonds is 5. The molecule has 5 nitrogen and oxygen atoms in total. The number of anilines is 1. The maximum absolute atomic E-state index is 12.6. The molecule has 0 bridgehead atoms. The highest BCUT2D eigenvalue weighted by Crippen LogP contribution is 2.21. The number of thiophene rings is 1. The summed E-state index contributed by atoms with van der Waals surface area (Å²) in [7, 11) is 0. The molecule has 1 aromatic heterocycles. The van der Waals surface area contributed by atoms with Gasteiger partial charge in [0.05, 0.1) is 6.54 Å². The van der Waals surface area contributed by atoms with E-state index in [2.05, 4.69) is 5.32 Å². The molecule has 0 spiro atoms. The predicted octanol–water partition coefficient (Wildman–Crippen LogP) is 3.09. The number of carbonyl (C=O) groups excluding carboxylic acids is 2. The van der Waals surface area contributed by atoms with Crippen molar-refractivity contribution in [2.24, 2.45) is 0 Å². The van der Waals surface area contributed by atoms with Gasteiger partial charge >= 0.3 is 6.03 Å². The molecular weight excluding hydrogens is 322 g/mol. The lowest BCUT2D eigenvalue weighted by Gasteiger charge is -2.23. The van der Waals surface area contributed by atoms with Crippen LogP contribution in [0.4, 0.5) is 10.5 Å². The Hall–Kier alpha value is -2.34. The molecular formula is C18H21N3O2S.